The average molecular weight is 241 g/mol. The van der Waals surface area contributed by atoms with Gasteiger partial charge in [-0.3, -0.25) is 4.79 Å². The van der Waals surface area contributed by atoms with E-state index in [4.69, 9.17) is 0 Å². The van der Waals surface area contributed by atoms with Gasteiger partial charge in [0.25, 0.3) is 0 Å². The van der Waals surface area contributed by atoms with Gasteiger partial charge in [0, 0.05) is 5.56 Å². The van der Waals surface area contributed by atoms with Gasteiger partial charge >= 0.3 is 0 Å². The topological polar surface area (TPSA) is 29.1 Å². The van der Waals surface area contributed by atoms with Crippen molar-refractivity contribution in [3.05, 3.63) is 35.4 Å². The van der Waals surface area contributed by atoms with Crippen LogP contribution in [0.15, 0.2) is 18.2 Å². The molecule has 17 heavy (non-hydrogen) atoms. The monoisotopic (exact) mass is 241 g/mol. The first-order valence-electron chi connectivity index (χ1n) is 5.69. The second kappa shape index (κ2) is 6.45. The molecule has 0 atom stereocenters. The minimum absolute atomic E-state index is 0.151. The molecule has 0 saturated carbocycles. The lowest BCUT2D eigenvalue weighted by atomic mass is 10.1. The van der Waals surface area contributed by atoms with Gasteiger partial charge < -0.3 is 5.32 Å². The van der Waals surface area contributed by atoms with E-state index in [1.165, 1.54) is 6.07 Å². The van der Waals surface area contributed by atoms with Crippen LogP contribution in [0.3, 0.4) is 0 Å². The van der Waals surface area contributed by atoms with Gasteiger partial charge in [0.2, 0.25) is 0 Å². The summed E-state index contributed by atoms with van der Waals surface area (Å²) in [5.41, 5.74) is 0.195. The molecule has 0 aromatic heterocycles. The molecule has 2 nitrogen and oxygen atoms in total. The number of rotatable bonds is 6. The molecule has 1 rings (SSSR count). The van der Waals surface area contributed by atoms with Crippen LogP contribution in [0.25, 0.3) is 0 Å². The molecule has 0 amide bonds. The van der Waals surface area contributed by atoms with E-state index in [1.807, 2.05) is 0 Å². The van der Waals surface area contributed by atoms with E-state index in [2.05, 4.69) is 19.2 Å². The number of ketones is 1. The van der Waals surface area contributed by atoms with Gasteiger partial charge in [0.05, 0.1) is 6.54 Å². The van der Waals surface area contributed by atoms with Crippen LogP contribution in [0.5, 0.6) is 0 Å². The van der Waals surface area contributed by atoms with Crippen LogP contribution in [0.4, 0.5) is 8.78 Å². The van der Waals surface area contributed by atoms with E-state index in [1.54, 1.807) is 0 Å². The van der Waals surface area contributed by atoms with Crippen LogP contribution in [-0.2, 0) is 0 Å². The van der Waals surface area contributed by atoms with E-state index in [-0.39, 0.29) is 17.9 Å². The Labute approximate surface area is 100 Å². The van der Waals surface area contributed by atoms with Gasteiger partial charge in [0.1, 0.15) is 0 Å². The van der Waals surface area contributed by atoms with Crippen molar-refractivity contribution in [1.29, 1.82) is 0 Å². The highest BCUT2D eigenvalue weighted by molar-refractivity contribution is 5.97. The highest BCUT2D eigenvalue weighted by Crippen LogP contribution is 2.09. The third-order valence-electron chi connectivity index (χ3n) is 2.43. The molecule has 0 saturated heterocycles. The van der Waals surface area contributed by atoms with Gasteiger partial charge in [-0.25, -0.2) is 8.78 Å². The molecule has 0 heterocycles. The van der Waals surface area contributed by atoms with E-state index in [0.717, 1.165) is 25.1 Å². The first-order chi connectivity index (χ1) is 8.00. The Hall–Kier alpha value is -1.29. The molecule has 1 aromatic rings. The molecule has 1 N–H and O–H groups in total. The summed E-state index contributed by atoms with van der Waals surface area (Å²) in [7, 11) is 0. The molecule has 0 fully saturated rings. The minimum atomic E-state index is -0.988. The largest absolute Gasteiger partial charge is 0.310 e. The Balaban J connectivity index is 2.44. The number of hydrogen-bond donors (Lipinski definition) is 1. The fraction of sp³-hybridized carbons (Fsp3) is 0.462. The van der Waals surface area contributed by atoms with Gasteiger partial charge in [-0.1, -0.05) is 13.8 Å². The van der Waals surface area contributed by atoms with Crippen molar-refractivity contribution in [2.45, 2.75) is 20.3 Å². The Bertz CT molecular complexity index is 391. The summed E-state index contributed by atoms with van der Waals surface area (Å²) in [4.78, 5) is 11.6. The first kappa shape index (κ1) is 13.8. The van der Waals surface area contributed by atoms with E-state index in [0.29, 0.717) is 5.92 Å². The maximum atomic E-state index is 12.9. The van der Waals surface area contributed by atoms with Crippen LogP contribution < -0.4 is 5.32 Å². The van der Waals surface area contributed by atoms with Crippen molar-refractivity contribution in [2.24, 2.45) is 5.92 Å². The number of nitrogens with one attached hydrogen (secondary N) is 1. The Kier molecular flexibility index (Phi) is 5.22. The van der Waals surface area contributed by atoms with Crippen molar-refractivity contribution < 1.29 is 13.6 Å². The van der Waals surface area contributed by atoms with E-state index in [9.17, 15) is 13.6 Å². The number of hydrogen-bond acceptors (Lipinski definition) is 2. The lowest BCUT2D eigenvalue weighted by molar-refractivity contribution is 0.0990. The zero-order valence-electron chi connectivity index (χ0n) is 10.1. The van der Waals surface area contributed by atoms with Crippen LogP contribution in [0, 0.1) is 17.6 Å². The Morgan fingerprint density at radius 1 is 1.29 bits per heavy atom. The Morgan fingerprint density at radius 3 is 2.59 bits per heavy atom. The molecule has 4 heteroatoms. The first-order valence-corrected chi connectivity index (χ1v) is 5.69. The number of halogens is 2. The number of Topliss-reactive ketones (excluding diaryl/α,β-unsaturated/α-hetero) is 1. The van der Waals surface area contributed by atoms with Gasteiger partial charge in [-0.15, -0.1) is 0 Å². The second-order valence-electron chi connectivity index (χ2n) is 4.41. The molecule has 94 valence electrons. The summed E-state index contributed by atoms with van der Waals surface area (Å²) in [5.74, 6) is -1.58. The van der Waals surface area contributed by atoms with E-state index >= 15 is 0 Å². The van der Waals surface area contributed by atoms with E-state index < -0.39 is 11.6 Å². The fourth-order valence-electron chi connectivity index (χ4n) is 1.36. The van der Waals surface area contributed by atoms with Crippen molar-refractivity contribution in [2.75, 3.05) is 13.1 Å². The molecular weight excluding hydrogens is 224 g/mol. The predicted octanol–water partition coefficient (Wildman–Crippen LogP) is 2.78. The maximum absolute atomic E-state index is 12.9. The SMILES string of the molecule is CC(C)CCNCC(=O)c1ccc(F)c(F)c1. The molecular formula is C13H17F2NO. The standard InChI is InChI=1S/C13H17F2NO/c1-9(2)5-6-16-8-13(17)10-3-4-11(14)12(15)7-10/h3-4,7,9,16H,5-6,8H2,1-2H3. The normalized spacial score (nSPS) is 10.9. The average Bonchev–Trinajstić information content (AvgIpc) is 2.27. The molecule has 0 bridgehead atoms. The quantitative estimate of drug-likeness (QED) is 0.613. The molecule has 1 aromatic carbocycles. The smallest absolute Gasteiger partial charge is 0.176 e. The van der Waals surface area contributed by atoms with Gasteiger partial charge in [0.15, 0.2) is 17.4 Å². The number of benzene rings is 1. The minimum Gasteiger partial charge on any atom is -0.310 e. The number of carbonyl (C=O) groups excluding carboxylic acids is 1. The van der Waals surface area contributed by atoms with Crippen LogP contribution in [0.1, 0.15) is 30.6 Å². The molecule has 0 aliphatic carbocycles. The third kappa shape index (κ3) is 4.61. The van der Waals surface area contributed by atoms with Crippen molar-refractivity contribution in [3.63, 3.8) is 0 Å². The summed E-state index contributed by atoms with van der Waals surface area (Å²) >= 11 is 0. The Morgan fingerprint density at radius 2 is 2.00 bits per heavy atom. The zero-order chi connectivity index (χ0) is 12.8. The van der Waals surface area contributed by atoms with Crippen LogP contribution in [0.2, 0.25) is 0 Å². The third-order valence-corrected chi connectivity index (χ3v) is 2.43. The van der Waals surface area contributed by atoms with Gasteiger partial charge in [-0.2, -0.15) is 0 Å². The highest BCUT2D eigenvalue weighted by atomic mass is 19.2. The summed E-state index contributed by atoms with van der Waals surface area (Å²) in [6.07, 6.45) is 0.977. The lowest BCUT2D eigenvalue weighted by Gasteiger charge is -2.06. The van der Waals surface area contributed by atoms with Crippen molar-refractivity contribution in [3.8, 4) is 0 Å². The number of carbonyl (C=O) groups is 1. The van der Waals surface area contributed by atoms with Crippen molar-refractivity contribution >= 4 is 5.78 Å². The highest BCUT2D eigenvalue weighted by Gasteiger charge is 2.09. The molecule has 0 unspecified atom stereocenters. The summed E-state index contributed by atoms with van der Waals surface area (Å²) in [6.45, 7) is 5.09. The zero-order valence-corrected chi connectivity index (χ0v) is 10.1. The fourth-order valence-corrected chi connectivity index (χ4v) is 1.36. The molecule has 0 radical (unpaired) electrons. The molecule has 0 aliphatic heterocycles. The van der Waals surface area contributed by atoms with Crippen molar-refractivity contribution in [1.82, 2.24) is 5.32 Å². The molecule has 0 spiro atoms. The summed E-state index contributed by atoms with van der Waals surface area (Å²) in [6, 6.07) is 3.20. The van der Waals surface area contributed by atoms with Gasteiger partial charge in [-0.05, 0) is 37.1 Å². The summed E-state index contributed by atoms with van der Waals surface area (Å²) in [5, 5.41) is 2.98. The molecule has 0 aliphatic rings. The van der Waals surface area contributed by atoms with Crippen LogP contribution in [-0.4, -0.2) is 18.9 Å². The second-order valence-corrected chi connectivity index (χ2v) is 4.41. The maximum Gasteiger partial charge on any atom is 0.176 e. The predicted molar refractivity (Wildman–Crippen MR) is 63.0 cm³/mol. The van der Waals surface area contributed by atoms with Crippen LogP contribution >= 0.6 is 0 Å². The lowest BCUT2D eigenvalue weighted by Crippen LogP contribution is -2.24. The summed E-state index contributed by atoms with van der Waals surface area (Å²) < 4.78 is 25.5.